The fraction of sp³-hybridized carbons (Fsp3) is 0.967. The van der Waals surface area contributed by atoms with Crippen molar-refractivity contribution in [3.05, 3.63) is 0 Å². The molecule has 3 nitrogen and oxygen atoms in total. The van der Waals surface area contributed by atoms with Crippen LogP contribution in [0.1, 0.15) is 113 Å². The highest BCUT2D eigenvalue weighted by Crippen LogP contribution is 2.78. The SMILES string of the molecule is CC1(C)CC[C@@]23CC[C@]4(C)[C@H](CC[C@@H]5[C@@]6(C)CC[C@H](O)C(C)(C)[C@H]6CC[C@]54C)[C@@H]2[C@H]1OC3=O. The smallest absolute Gasteiger partial charge is 0.312 e. The van der Waals surface area contributed by atoms with Gasteiger partial charge in [-0.1, -0.05) is 48.5 Å². The van der Waals surface area contributed by atoms with Crippen molar-refractivity contribution in [2.24, 2.45) is 56.2 Å². The van der Waals surface area contributed by atoms with Crippen LogP contribution in [0.2, 0.25) is 0 Å². The van der Waals surface area contributed by atoms with Gasteiger partial charge < -0.3 is 9.84 Å². The van der Waals surface area contributed by atoms with Gasteiger partial charge in [0.1, 0.15) is 6.10 Å². The summed E-state index contributed by atoms with van der Waals surface area (Å²) in [6.07, 6.45) is 11.6. The van der Waals surface area contributed by atoms with Crippen LogP contribution in [0.4, 0.5) is 0 Å². The second kappa shape index (κ2) is 6.40. The molecular formula is C30H48O3. The molecule has 0 amide bonds. The number of aliphatic hydroxyl groups is 1. The first-order valence-corrected chi connectivity index (χ1v) is 14.1. The highest BCUT2D eigenvalue weighted by atomic mass is 16.6. The van der Waals surface area contributed by atoms with Gasteiger partial charge in [0, 0.05) is 11.3 Å². The zero-order valence-corrected chi connectivity index (χ0v) is 22.3. The summed E-state index contributed by atoms with van der Waals surface area (Å²) in [7, 11) is 0. The fourth-order valence-electron chi connectivity index (χ4n) is 11.8. The molecule has 5 aliphatic carbocycles. The van der Waals surface area contributed by atoms with Crippen LogP contribution >= 0.6 is 0 Å². The summed E-state index contributed by atoms with van der Waals surface area (Å²) in [6, 6.07) is 0. The van der Waals surface area contributed by atoms with Gasteiger partial charge in [0.15, 0.2) is 0 Å². The molecule has 0 spiro atoms. The number of carbonyl (C=O) groups excluding carboxylic acids is 1. The molecule has 1 N–H and O–H groups in total. The van der Waals surface area contributed by atoms with Gasteiger partial charge >= 0.3 is 5.97 Å². The van der Waals surface area contributed by atoms with Gasteiger partial charge in [0.25, 0.3) is 0 Å². The third-order valence-corrected chi connectivity index (χ3v) is 14.0. The standard InChI is InChI=1S/C30H48O3/c1-25(2)14-16-30-17-15-28(6)18(22(30)23(25)33-24(30)32)8-9-20-27(5)12-11-21(31)26(3,4)19(27)10-13-29(20,28)7/h18-23,31H,8-17H2,1-7H3/t18-,19-,20-,21+,22-,23-,27+,28-,29-,30-/m1/s1. The Hall–Kier alpha value is -0.570. The van der Waals surface area contributed by atoms with Crippen LogP contribution in [-0.2, 0) is 9.53 Å². The molecule has 1 saturated heterocycles. The van der Waals surface area contributed by atoms with Crippen molar-refractivity contribution in [3.8, 4) is 0 Å². The average Bonchev–Trinajstić information content (AvgIpc) is 2.99. The van der Waals surface area contributed by atoms with E-state index in [0.717, 1.165) is 31.6 Å². The summed E-state index contributed by atoms with van der Waals surface area (Å²) >= 11 is 0. The van der Waals surface area contributed by atoms with Gasteiger partial charge in [0.05, 0.1) is 11.5 Å². The maximum Gasteiger partial charge on any atom is 0.312 e. The molecule has 0 aromatic rings. The molecule has 0 aromatic carbocycles. The highest BCUT2D eigenvalue weighted by molar-refractivity contribution is 5.81. The average molecular weight is 457 g/mol. The van der Waals surface area contributed by atoms with Crippen molar-refractivity contribution in [2.45, 2.75) is 125 Å². The first kappa shape index (κ1) is 22.9. The molecule has 186 valence electrons. The lowest BCUT2D eigenvalue weighted by Crippen LogP contribution is -2.67. The molecule has 6 rings (SSSR count). The second-order valence-electron chi connectivity index (χ2n) is 15.5. The first-order chi connectivity index (χ1) is 15.2. The van der Waals surface area contributed by atoms with E-state index in [-0.39, 0.29) is 39.8 Å². The Labute approximate surface area is 201 Å². The van der Waals surface area contributed by atoms with Crippen LogP contribution in [0.5, 0.6) is 0 Å². The number of hydrogen-bond acceptors (Lipinski definition) is 3. The molecule has 0 unspecified atom stereocenters. The number of ether oxygens (including phenoxy) is 1. The fourth-order valence-corrected chi connectivity index (χ4v) is 11.8. The lowest BCUT2D eigenvalue weighted by Gasteiger charge is -2.73. The number of hydrogen-bond donors (Lipinski definition) is 1. The van der Waals surface area contributed by atoms with Crippen molar-refractivity contribution >= 4 is 5.97 Å². The van der Waals surface area contributed by atoms with E-state index < -0.39 is 0 Å². The van der Waals surface area contributed by atoms with E-state index in [0.29, 0.717) is 28.6 Å². The minimum absolute atomic E-state index is 0.00939. The highest BCUT2D eigenvalue weighted by Gasteiger charge is 2.75. The van der Waals surface area contributed by atoms with Gasteiger partial charge in [-0.2, -0.15) is 0 Å². The summed E-state index contributed by atoms with van der Waals surface area (Å²) in [6.45, 7) is 17.3. The summed E-state index contributed by atoms with van der Waals surface area (Å²) in [5, 5.41) is 10.9. The number of rotatable bonds is 0. The Morgan fingerprint density at radius 2 is 1.45 bits per heavy atom. The van der Waals surface area contributed by atoms with Crippen LogP contribution < -0.4 is 0 Å². The Bertz CT molecular complexity index is 876. The Morgan fingerprint density at radius 3 is 2.18 bits per heavy atom. The molecule has 5 saturated carbocycles. The van der Waals surface area contributed by atoms with Crippen LogP contribution in [0.3, 0.4) is 0 Å². The summed E-state index contributed by atoms with van der Waals surface area (Å²) in [4.78, 5) is 13.3. The van der Waals surface area contributed by atoms with E-state index in [4.69, 9.17) is 4.74 Å². The molecule has 0 radical (unpaired) electrons. The minimum Gasteiger partial charge on any atom is -0.461 e. The normalized spacial score (nSPS) is 58.4. The molecule has 0 aromatic heterocycles. The monoisotopic (exact) mass is 456 g/mol. The predicted octanol–water partition coefficient (Wildman–Crippen LogP) is 6.76. The van der Waals surface area contributed by atoms with E-state index in [2.05, 4.69) is 48.5 Å². The molecule has 33 heavy (non-hydrogen) atoms. The molecule has 1 aliphatic heterocycles. The number of aliphatic hydroxyl groups excluding tert-OH is 1. The molecule has 6 aliphatic rings. The maximum atomic E-state index is 13.3. The van der Waals surface area contributed by atoms with Crippen LogP contribution in [-0.4, -0.2) is 23.3 Å². The van der Waals surface area contributed by atoms with Crippen molar-refractivity contribution in [1.82, 2.24) is 0 Å². The first-order valence-electron chi connectivity index (χ1n) is 14.1. The zero-order chi connectivity index (χ0) is 23.8. The van der Waals surface area contributed by atoms with Crippen LogP contribution in [0.25, 0.3) is 0 Å². The molecule has 2 bridgehead atoms. The van der Waals surface area contributed by atoms with Crippen molar-refractivity contribution in [2.75, 3.05) is 0 Å². The van der Waals surface area contributed by atoms with Gasteiger partial charge in [-0.05, 0) is 104 Å². The van der Waals surface area contributed by atoms with E-state index in [1.54, 1.807) is 0 Å². The Morgan fingerprint density at radius 1 is 0.758 bits per heavy atom. The minimum atomic E-state index is -0.189. The molecular weight excluding hydrogens is 408 g/mol. The number of carbonyl (C=O) groups is 1. The summed E-state index contributed by atoms with van der Waals surface area (Å²) < 4.78 is 6.28. The van der Waals surface area contributed by atoms with Crippen LogP contribution in [0.15, 0.2) is 0 Å². The molecule has 10 atom stereocenters. The lowest BCUT2D eigenvalue weighted by atomic mass is 9.31. The molecule has 6 fully saturated rings. The third kappa shape index (κ3) is 2.45. The van der Waals surface area contributed by atoms with Gasteiger partial charge in [-0.25, -0.2) is 0 Å². The lowest BCUT2D eigenvalue weighted by molar-refractivity contribution is -0.252. The van der Waals surface area contributed by atoms with Gasteiger partial charge in [-0.3, -0.25) is 4.79 Å². The maximum absolute atomic E-state index is 13.3. The van der Waals surface area contributed by atoms with E-state index >= 15 is 0 Å². The largest absolute Gasteiger partial charge is 0.461 e. The van der Waals surface area contributed by atoms with Gasteiger partial charge in [0.2, 0.25) is 0 Å². The topological polar surface area (TPSA) is 46.5 Å². The second-order valence-corrected chi connectivity index (χ2v) is 15.5. The van der Waals surface area contributed by atoms with Crippen molar-refractivity contribution in [3.63, 3.8) is 0 Å². The number of esters is 1. The third-order valence-electron chi connectivity index (χ3n) is 14.0. The molecule has 3 heteroatoms. The van der Waals surface area contributed by atoms with Crippen LogP contribution in [0, 0.1) is 56.2 Å². The molecule has 1 heterocycles. The van der Waals surface area contributed by atoms with E-state index in [1.807, 2.05) is 0 Å². The van der Waals surface area contributed by atoms with E-state index in [9.17, 15) is 9.90 Å². The van der Waals surface area contributed by atoms with Crippen molar-refractivity contribution < 1.29 is 14.6 Å². The van der Waals surface area contributed by atoms with Crippen molar-refractivity contribution in [1.29, 1.82) is 0 Å². The predicted molar refractivity (Wildman–Crippen MR) is 130 cm³/mol. The Balaban J connectivity index is 1.41. The van der Waals surface area contributed by atoms with Gasteiger partial charge in [-0.15, -0.1) is 0 Å². The number of fused-ring (bicyclic) bond motifs is 5. The summed E-state index contributed by atoms with van der Waals surface area (Å²) in [5.74, 6) is 2.50. The quantitative estimate of drug-likeness (QED) is 0.409. The van der Waals surface area contributed by atoms with E-state index in [1.165, 1.54) is 38.5 Å². The zero-order valence-electron chi connectivity index (χ0n) is 22.3. The Kier molecular flexibility index (Phi) is 4.44. The summed E-state index contributed by atoms with van der Waals surface area (Å²) in [5.41, 5.74) is 0.823.